The number of nitrogens with one attached hydrogen (secondary N) is 1. The molecule has 0 aliphatic heterocycles. The number of rotatable bonds is 4. The van der Waals surface area contributed by atoms with Crippen LogP contribution in [-0.4, -0.2) is 18.0 Å². The maximum Gasteiger partial charge on any atom is 0.339 e. The molecule has 4 nitrogen and oxygen atoms in total. The van der Waals surface area contributed by atoms with Gasteiger partial charge in [0.15, 0.2) is 6.10 Å². The molecule has 1 N–H and O–H groups in total. The van der Waals surface area contributed by atoms with E-state index < -0.39 is 29.6 Å². The van der Waals surface area contributed by atoms with Gasteiger partial charge in [-0.3, -0.25) is 4.79 Å². The minimum atomic E-state index is -1.17. The lowest BCUT2D eigenvalue weighted by Gasteiger charge is -2.15. The molecule has 1 unspecified atom stereocenters. The molecule has 126 valence electrons. The van der Waals surface area contributed by atoms with Crippen molar-refractivity contribution in [1.82, 2.24) is 0 Å². The van der Waals surface area contributed by atoms with Crippen LogP contribution < -0.4 is 5.32 Å². The Morgan fingerprint density at radius 3 is 2.46 bits per heavy atom. The molecule has 2 aromatic rings. The lowest BCUT2D eigenvalue weighted by Crippen LogP contribution is -2.30. The zero-order chi connectivity index (χ0) is 17.9. The molecule has 2 aromatic carbocycles. The second-order valence-electron chi connectivity index (χ2n) is 5.48. The number of carbonyl (C=O) groups is 2. The molecule has 24 heavy (non-hydrogen) atoms. The lowest BCUT2D eigenvalue weighted by molar-refractivity contribution is -0.123. The number of anilines is 1. The highest BCUT2D eigenvalue weighted by Crippen LogP contribution is 2.17. The molecule has 0 saturated heterocycles. The number of ether oxygens (including phenoxy) is 1. The van der Waals surface area contributed by atoms with Crippen molar-refractivity contribution in [2.75, 3.05) is 5.32 Å². The Bertz CT molecular complexity index is 790. The van der Waals surface area contributed by atoms with Crippen LogP contribution in [0.3, 0.4) is 0 Å². The highest BCUT2D eigenvalue weighted by molar-refractivity contribution is 5.97. The Kier molecular flexibility index (Phi) is 5.28. The number of amides is 1. The quantitative estimate of drug-likeness (QED) is 0.867. The number of halogens is 2. The summed E-state index contributed by atoms with van der Waals surface area (Å²) in [6, 6.07) is 7.89. The van der Waals surface area contributed by atoms with Crippen LogP contribution in [0, 0.1) is 25.5 Å². The molecule has 0 bridgehead atoms. The first kappa shape index (κ1) is 17.6. The summed E-state index contributed by atoms with van der Waals surface area (Å²) < 4.78 is 31.7. The first-order valence-corrected chi connectivity index (χ1v) is 7.32. The van der Waals surface area contributed by atoms with Crippen LogP contribution in [0.15, 0.2) is 36.4 Å². The van der Waals surface area contributed by atoms with E-state index in [1.165, 1.54) is 6.92 Å². The summed E-state index contributed by atoms with van der Waals surface area (Å²) >= 11 is 0. The number of benzene rings is 2. The van der Waals surface area contributed by atoms with Crippen LogP contribution in [0.25, 0.3) is 0 Å². The van der Waals surface area contributed by atoms with Gasteiger partial charge in [0.2, 0.25) is 0 Å². The summed E-state index contributed by atoms with van der Waals surface area (Å²) in [5, 5.41) is 2.20. The second kappa shape index (κ2) is 7.21. The predicted molar refractivity (Wildman–Crippen MR) is 85.8 cm³/mol. The van der Waals surface area contributed by atoms with Crippen molar-refractivity contribution >= 4 is 17.6 Å². The van der Waals surface area contributed by atoms with Gasteiger partial charge in [-0.1, -0.05) is 17.7 Å². The molecule has 0 saturated carbocycles. The fourth-order valence-electron chi connectivity index (χ4n) is 2.15. The number of esters is 1. The van der Waals surface area contributed by atoms with Crippen LogP contribution in [0.2, 0.25) is 0 Å². The van der Waals surface area contributed by atoms with Gasteiger partial charge in [0, 0.05) is 6.07 Å². The van der Waals surface area contributed by atoms with Crippen molar-refractivity contribution in [2.45, 2.75) is 26.9 Å². The van der Waals surface area contributed by atoms with Gasteiger partial charge in [-0.2, -0.15) is 0 Å². The van der Waals surface area contributed by atoms with E-state index in [0.717, 1.165) is 29.3 Å². The molecular weight excluding hydrogens is 316 g/mol. The predicted octanol–water partition coefficient (Wildman–Crippen LogP) is 3.77. The fourth-order valence-corrected chi connectivity index (χ4v) is 2.15. The van der Waals surface area contributed by atoms with E-state index in [9.17, 15) is 18.4 Å². The van der Waals surface area contributed by atoms with Gasteiger partial charge in [-0.25, -0.2) is 13.6 Å². The van der Waals surface area contributed by atoms with Crippen LogP contribution in [0.1, 0.15) is 28.4 Å². The van der Waals surface area contributed by atoms with Gasteiger partial charge >= 0.3 is 5.97 Å². The van der Waals surface area contributed by atoms with Crippen molar-refractivity contribution in [3.05, 3.63) is 64.7 Å². The van der Waals surface area contributed by atoms with Crippen molar-refractivity contribution < 1.29 is 23.1 Å². The Morgan fingerprint density at radius 1 is 1.08 bits per heavy atom. The standard InChI is InChI=1S/C18H17F2NO3/c1-10-4-6-14(11(2)8-10)18(23)24-12(3)17(22)21-16-9-13(19)5-7-15(16)20/h4-9,12H,1-3H3,(H,21,22). The molecule has 0 heterocycles. The molecule has 1 amide bonds. The second-order valence-corrected chi connectivity index (χ2v) is 5.48. The van der Waals surface area contributed by atoms with Crippen LogP contribution >= 0.6 is 0 Å². The smallest absolute Gasteiger partial charge is 0.339 e. The minimum Gasteiger partial charge on any atom is -0.449 e. The summed E-state index contributed by atoms with van der Waals surface area (Å²) in [7, 11) is 0. The van der Waals surface area contributed by atoms with E-state index in [4.69, 9.17) is 4.74 Å². The lowest BCUT2D eigenvalue weighted by atomic mass is 10.1. The number of carbonyl (C=O) groups excluding carboxylic acids is 2. The summed E-state index contributed by atoms with van der Waals surface area (Å²) in [6.07, 6.45) is -1.17. The Labute approximate surface area is 138 Å². The van der Waals surface area contributed by atoms with E-state index in [-0.39, 0.29) is 5.69 Å². The normalized spacial score (nSPS) is 11.7. The number of hydrogen-bond donors (Lipinski definition) is 1. The minimum absolute atomic E-state index is 0.311. The van der Waals surface area contributed by atoms with Gasteiger partial charge in [-0.15, -0.1) is 0 Å². The monoisotopic (exact) mass is 333 g/mol. The number of aryl methyl sites for hydroxylation is 2. The van der Waals surface area contributed by atoms with E-state index in [1.807, 2.05) is 13.0 Å². The maximum absolute atomic E-state index is 13.5. The average Bonchev–Trinajstić information content (AvgIpc) is 2.50. The van der Waals surface area contributed by atoms with Crippen LogP contribution in [-0.2, 0) is 9.53 Å². The Morgan fingerprint density at radius 2 is 1.79 bits per heavy atom. The molecule has 0 aliphatic carbocycles. The molecule has 0 aromatic heterocycles. The summed E-state index contributed by atoms with van der Waals surface area (Å²) in [5.41, 5.74) is 1.76. The van der Waals surface area contributed by atoms with E-state index >= 15 is 0 Å². The molecule has 1 atom stereocenters. The zero-order valence-corrected chi connectivity index (χ0v) is 13.5. The van der Waals surface area contributed by atoms with Crippen LogP contribution in [0.5, 0.6) is 0 Å². The van der Waals surface area contributed by atoms with E-state index in [1.54, 1.807) is 19.1 Å². The fraction of sp³-hybridized carbons (Fsp3) is 0.222. The molecule has 0 spiro atoms. The Balaban J connectivity index is 2.05. The summed E-state index contributed by atoms with van der Waals surface area (Å²) in [6.45, 7) is 5.01. The molecule has 6 heteroatoms. The third-order valence-electron chi connectivity index (χ3n) is 3.44. The van der Waals surface area contributed by atoms with Gasteiger partial charge in [0.05, 0.1) is 11.3 Å². The van der Waals surface area contributed by atoms with Gasteiger partial charge in [0.1, 0.15) is 11.6 Å². The zero-order valence-electron chi connectivity index (χ0n) is 13.5. The van der Waals surface area contributed by atoms with Gasteiger partial charge < -0.3 is 10.1 Å². The van der Waals surface area contributed by atoms with Crippen molar-refractivity contribution in [1.29, 1.82) is 0 Å². The summed E-state index contributed by atoms with van der Waals surface area (Å²) in [4.78, 5) is 24.1. The Hall–Kier alpha value is -2.76. The topological polar surface area (TPSA) is 55.4 Å². The molecule has 2 rings (SSSR count). The molecular formula is C18H17F2NO3. The first-order chi connectivity index (χ1) is 11.3. The first-order valence-electron chi connectivity index (χ1n) is 7.32. The van der Waals surface area contributed by atoms with Gasteiger partial charge in [-0.05, 0) is 44.5 Å². The van der Waals surface area contributed by atoms with Crippen LogP contribution in [0.4, 0.5) is 14.5 Å². The van der Waals surface area contributed by atoms with Gasteiger partial charge in [0.25, 0.3) is 5.91 Å². The van der Waals surface area contributed by atoms with Crippen molar-refractivity contribution in [3.63, 3.8) is 0 Å². The molecule has 0 fully saturated rings. The van der Waals surface area contributed by atoms with E-state index in [0.29, 0.717) is 5.56 Å². The number of hydrogen-bond acceptors (Lipinski definition) is 3. The summed E-state index contributed by atoms with van der Waals surface area (Å²) in [5.74, 6) is -2.88. The van der Waals surface area contributed by atoms with Crippen molar-refractivity contribution in [2.24, 2.45) is 0 Å². The molecule has 0 radical (unpaired) electrons. The van der Waals surface area contributed by atoms with E-state index in [2.05, 4.69) is 5.32 Å². The highest BCUT2D eigenvalue weighted by atomic mass is 19.1. The highest BCUT2D eigenvalue weighted by Gasteiger charge is 2.21. The third-order valence-corrected chi connectivity index (χ3v) is 3.44. The largest absolute Gasteiger partial charge is 0.449 e. The SMILES string of the molecule is Cc1ccc(C(=O)OC(C)C(=O)Nc2cc(F)ccc2F)c(C)c1. The maximum atomic E-state index is 13.5. The molecule has 0 aliphatic rings. The van der Waals surface area contributed by atoms with Crippen molar-refractivity contribution in [3.8, 4) is 0 Å². The average molecular weight is 333 g/mol. The third kappa shape index (κ3) is 4.16.